The normalized spacial score (nSPS) is 19.1. The second-order valence-electron chi connectivity index (χ2n) is 4.80. The first-order chi connectivity index (χ1) is 9.32. The fraction of sp³-hybridized carbons (Fsp3) is 0.286. The number of carbonyl (C=O) groups is 4. The monoisotopic (exact) mass is 274 g/mol. The Bertz CT molecular complexity index is 636. The van der Waals surface area contributed by atoms with Gasteiger partial charge >= 0.3 is 6.03 Å². The summed E-state index contributed by atoms with van der Waals surface area (Å²) in [6.07, 6.45) is 0. The molecule has 2 rings (SSSR count). The van der Waals surface area contributed by atoms with E-state index in [1.165, 1.54) is 0 Å². The highest BCUT2D eigenvalue weighted by atomic mass is 16.2. The summed E-state index contributed by atoms with van der Waals surface area (Å²) in [6, 6.07) is 4.36. The molecule has 1 aromatic rings. The predicted molar refractivity (Wildman–Crippen MR) is 71.1 cm³/mol. The van der Waals surface area contributed by atoms with Crippen LogP contribution >= 0.6 is 0 Å². The number of urea groups is 1. The van der Waals surface area contributed by atoms with Crippen molar-refractivity contribution >= 4 is 29.3 Å². The van der Waals surface area contributed by atoms with Gasteiger partial charge in [0.15, 0.2) is 11.7 Å². The molecule has 1 saturated heterocycles. The van der Waals surface area contributed by atoms with Gasteiger partial charge in [0.1, 0.15) is 0 Å². The highest BCUT2D eigenvalue weighted by Crippen LogP contribution is 2.25. The van der Waals surface area contributed by atoms with Gasteiger partial charge in [0.2, 0.25) is 5.91 Å². The number of ketones is 1. The first kappa shape index (κ1) is 13.9. The van der Waals surface area contributed by atoms with E-state index in [1.54, 1.807) is 19.1 Å². The van der Waals surface area contributed by atoms with Crippen molar-refractivity contribution in [3.8, 4) is 0 Å². The minimum atomic E-state index is -1.46. The number of nitrogens with zero attached hydrogens (tertiary/aromatic N) is 1. The quantitative estimate of drug-likeness (QED) is 0.818. The lowest BCUT2D eigenvalue weighted by Crippen LogP contribution is -2.60. The fourth-order valence-corrected chi connectivity index (χ4v) is 2.22. The van der Waals surface area contributed by atoms with Crippen LogP contribution in [0.3, 0.4) is 0 Å². The third kappa shape index (κ3) is 2.20. The predicted octanol–water partition coefficient (Wildman–Crippen LogP) is 1.09. The summed E-state index contributed by atoms with van der Waals surface area (Å²) in [5, 5.41) is 2.04. The number of hydrogen-bond acceptors (Lipinski definition) is 4. The Labute approximate surface area is 115 Å². The molecule has 0 unspecified atom stereocenters. The lowest BCUT2D eigenvalue weighted by molar-refractivity contribution is -0.140. The molecule has 0 radical (unpaired) electrons. The summed E-state index contributed by atoms with van der Waals surface area (Å²) in [5.41, 5.74) is 2.07. The standard InChI is InChI=1S/C14H14N2O4/c1-7-4-5-10(8(2)6-7)16-13(19)11(9(3)17)12(18)15-14(16)20/h4-6,11H,1-3H3,(H,15,18,20)/t11-/m0/s1. The Balaban J connectivity index is 2.49. The minimum absolute atomic E-state index is 0.372. The van der Waals surface area contributed by atoms with Crippen LogP contribution in [0, 0.1) is 19.8 Å². The molecule has 0 aromatic heterocycles. The van der Waals surface area contributed by atoms with Gasteiger partial charge in [-0.15, -0.1) is 0 Å². The molecule has 6 heteroatoms. The first-order valence-electron chi connectivity index (χ1n) is 6.09. The van der Waals surface area contributed by atoms with Crippen molar-refractivity contribution in [2.75, 3.05) is 4.90 Å². The Morgan fingerprint density at radius 2 is 1.85 bits per heavy atom. The van der Waals surface area contributed by atoms with Crippen LogP contribution in [-0.4, -0.2) is 23.6 Å². The number of Topliss-reactive ketones (excluding diaryl/α,β-unsaturated/α-hetero) is 1. The second kappa shape index (κ2) is 4.88. The van der Waals surface area contributed by atoms with Gasteiger partial charge < -0.3 is 0 Å². The summed E-state index contributed by atoms with van der Waals surface area (Å²) >= 11 is 0. The maximum Gasteiger partial charge on any atom is 0.335 e. The Kier molecular flexibility index (Phi) is 3.40. The molecule has 1 atom stereocenters. The molecule has 4 amide bonds. The van der Waals surface area contributed by atoms with Gasteiger partial charge in [-0.3, -0.25) is 19.7 Å². The van der Waals surface area contributed by atoms with E-state index < -0.39 is 29.5 Å². The van der Waals surface area contributed by atoms with E-state index in [1.807, 2.05) is 18.3 Å². The van der Waals surface area contributed by atoms with E-state index in [0.29, 0.717) is 11.3 Å². The molecule has 0 saturated carbocycles. The number of rotatable bonds is 2. The number of nitrogens with one attached hydrogen (secondary N) is 1. The van der Waals surface area contributed by atoms with E-state index >= 15 is 0 Å². The third-order valence-corrected chi connectivity index (χ3v) is 3.16. The van der Waals surface area contributed by atoms with Gasteiger partial charge in [-0.05, 0) is 32.4 Å². The van der Waals surface area contributed by atoms with Crippen LogP contribution < -0.4 is 10.2 Å². The highest BCUT2D eigenvalue weighted by Gasteiger charge is 2.44. The van der Waals surface area contributed by atoms with Crippen LogP contribution in [-0.2, 0) is 14.4 Å². The number of imide groups is 2. The molecule has 1 N–H and O–H groups in total. The van der Waals surface area contributed by atoms with Crippen LogP contribution in [0.15, 0.2) is 18.2 Å². The topological polar surface area (TPSA) is 83.6 Å². The molecule has 0 spiro atoms. The van der Waals surface area contributed by atoms with E-state index in [2.05, 4.69) is 0 Å². The Morgan fingerprint density at radius 1 is 1.20 bits per heavy atom. The number of barbiturate groups is 1. The van der Waals surface area contributed by atoms with Crippen LogP contribution in [0.2, 0.25) is 0 Å². The SMILES string of the molecule is CC(=O)[C@H]1C(=O)NC(=O)N(c2ccc(C)cc2C)C1=O. The van der Waals surface area contributed by atoms with E-state index in [-0.39, 0.29) is 0 Å². The molecule has 1 aliphatic heterocycles. The summed E-state index contributed by atoms with van der Waals surface area (Å²) in [4.78, 5) is 48.0. The zero-order chi connectivity index (χ0) is 15.0. The number of hydrogen-bond donors (Lipinski definition) is 1. The van der Waals surface area contributed by atoms with E-state index in [0.717, 1.165) is 17.4 Å². The number of amides is 4. The summed E-state index contributed by atoms with van der Waals surface area (Å²) in [7, 11) is 0. The van der Waals surface area contributed by atoms with Gasteiger partial charge in [-0.1, -0.05) is 17.7 Å². The van der Waals surface area contributed by atoms with Gasteiger partial charge in [0.25, 0.3) is 5.91 Å². The Hall–Kier alpha value is -2.50. The molecule has 20 heavy (non-hydrogen) atoms. The smallest absolute Gasteiger partial charge is 0.299 e. The molecule has 1 aromatic carbocycles. The number of anilines is 1. The molecule has 1 fully saturated rings. The van der Waals surface area contributed by atoms with Crippen molar-refractivity contribution < 1.29 is 19.2 Å². The van der Waals surface area contributed by atoms with Gasteiger partial charge in [0.05, 0.1) is 5.69 Å². The third-order valence-electron chi connectivity index (χ3n) is 3.16. The maximum atomic E-state index is 12.2. The Morgan fingerprint density at radius 3 is 2.40 bits per heavy atom. The molecule has 1 aliphatic rings. The van der Waals surface area contributed by atoms with Crippen molar-refractivity contribution in [2.45, 2.75) is 20.8 Å². The van der Waals surface area contributed by atoms with Crippen molar-refractivity contribution in [3.05, 3.63) is 29.3 Å². The maximum absolute atomic E-state index is 12.2. The first-order valence-corrected chi connectivity index (χ1v) is 6.09. The number of carbonyl (C=O) groups excluding carboxylic acids is 4. The van der Waals surface area contributed by atoms with Crippen LogP contribution in [0.4, 0.5) is 10.5 Å². The lowest BCUT2D eigenvalue weighted by Gasteiger charge is -2.30. The zero-order valence-electron chi connectivity index (χ0n) is 11.4. The minimum Gasteiger partial charge on any atom is -0.299 e. The van der Waals surface area contributed by atoms with Crippen LogP contribution in [0.1, 0.15) is 18.1 Å². The van der Waals surface area contributed by atoms with Gasteiger partial charge in [-0.2, -0.15) is 0 Å². The molecular formula is C14H14N2O4. The molecule has 1 heterocycles. The van der Waals surface area contributed by atoms with Crippen LogP contribution in [0.25, 0.3) is 0 Å². The molecule has 0 aliphatic carbocycles. The average Bonchev–Trinajstić information content (AvgIpc) is 2.30. The molecular weight excluding hydrogens is 260 g/mol. The average molecular weight is 274 g/mol. The van der Waals surface area contributed by atoms with Gasteiger partial charge in [-0.25, -0.2) is 9.69 Å². The molecule has 0 bridgehead atoms. The van der Waals surface area contributed by atoms with Crippen molar-refractivity contribution in [1.82, 2.24) is 5.32 Å². The molecule has 104 valence electrons. The van der Waals surface area contributed by atoms with Gasteiger partial charge in [0, 0.05) is 0 Å². The fourth-order valence-electron chi connectivity index (χ4n) is 2.22. The number of aryl methyl sites for hydroxylation is 2. The van der Waals surface area contributed by atoms with Crippen molar-refractivity contribution in [2.24, 2.45) is 5.92 Å². The highest BCUT2D eigenvalue weighted by molar-refractivity contribution is 6.34. The number of benzene rings is 1. The molecule has 6 nitrogen and oxygen atoms in total. The lowest BCUT2D eigenvalue weighted by atomic mass is 9.99. The van der Waals surface area contributed by atoms with Crippen molar-refractivity contribution in [1.29, 1.82) is 0 Å². The van der Waals surface area contributed by atoms with Crippen LogP contribution in [0.5, 0.6) is 0 Å². The summed E-state index contributed by atoms with van der Waals surface area (Å²) in [6.45, 7) is 4.79. The van der Waals surface area contributed by atoms with E-state index in [9.17, 15) is 19.2 Å². The largest absolute Gasteiger partial charge is 0.335 e. The van der Waals surface area contributed by atoms with Crippen molar-refractivity contribution in [3.63, 3.8) is 0 Å². The summed E-state index contributed by atoms with van der Waals surface area (Å²) < 4.78 is 0. The second-order valence-corrected chi connectivity index (χ2v) is 4.80. The van der Waals surface area contributed by atoms with E-state index in [4.69, 9.17) is 0 Å². The summed E-state index contributed by atoms with van der Waals surface area (Å²) in [5.74, 6) is -3.73. The zero-order valence-corrected chi connectivity index (χ0v) is 11.4.